The van der Waals surface area contributed by atoms with Crippen molar-refractivity contribution >= 4 is 23.0 Å². The molecule has 0 bridgehead atoms. The highest BCUT2D eigenvalue weighted by molar-refractivity contribution is 6.55. The fourth-order valence-electron chi connectivity index (χ4n) is 4.60. The molecule has 2 aliphatic heterocycles. The normalized spacial score (nSPS) is 21.2. The summed E-state index contributed by atoms with van der Waals surface area (Å²) >= 11 is 0. The van der Waals surface area contributed by atoms with Crippen LogP contribution in [0.1, 0.15) is 63.6 Å². The summed E-state index contributed by atoms with van der Waals surface area (Å²) in [6.45, 7) is 11.3. The van der Waals surface area contributed by atoms with Gasteiger partial charge in [-0.1, -0.05) is 19.9 Å². The number of amides is 1. The van der Waals surface area contributed by atoms with Gasteiger partial charge in [-0.3, -0.25) is 4.79 Å². The van der Waals surface area contributed by atoms with Gasteiger partial charge >= 0.3 is 0 Å². The van der Waals surface area contributed by atoms with Gasteiger partial charge in [0, 0.05) is 11.1 Å². The molecule has 4 nitrogen and oxygen atoms in total. The molecular weight excluding hydrogens is 348 g/mol. The summed E-state index contributed by atoms with van der Waals surface area (Å²) in [7, 11) is 0. The zero-order valence-corrected chi connectivity index (χ0v) is 17.4. The van der Waals surface area contributed by atoms with Crippen LogP contribution in [-0.4, -0.2) is 23.8 Å². The Morgan fingerprint density at radius 1 is 1.18 bits per heavy atom. The summed E-state index contributed by atoms with van der Waals surface area (Å²) in [4.78, 5) is 20.2. The van der Waals surface area contributed by atoms with Crippen molar-refractivity contribution in [2.45, 2.75) is 58.9 Å². The van der Waals surface area contributed by atoms with Crippen molar-refractivity contribution in [1.82, 2.24) is 0 Å². The van der Waals surface area contributed by atoms with Crippen molar-refractivity contribution < 1.29 is 9.53 Å². The van der Waals surface area contributed by atoms with Gasteiger partial charge in [-0.05, 0) is 81.0 Å². The minimum Gasteiger partial charge on any atom is -0.494 e. The molecule has 0 saturated heterocycles. The lowest BCUT2D eigenvalue weighted by Gasteiger charge is -2.43. The Hall–Kier alpha value is -2.62. The zero-order chi connectivity index (χ0) is 20.1. The lowest BCUT2D eigenvalue weighted by atomic mass is 9.79. The predicted molar refractivity (Wildman–Crippen MR) is 114 cm³/mol. The van der Waals surface area contributed by atoms with Gasteiger partial charge in [0.05, 0.1) is 18.0 Å². The Morgan fingerprint density at radius 3 is 2.54 bits per heavy atom. The van der Waals surface area contributed by atoms with E-state index in [9.17, 15) is 4.79 Å². The van der Waals surface area contributed by atoms with Gasteiger partial charge < -0.3 is 9.64 Å². The average molecular weight is 377 g/mol. The molecule has 4 rings (SSSR count). The number of rotatable bonds is 4. The van der Waals surface area contributed by atoms with Gasteiger partial charge in [0.15, 0.2) is 0 Å². The Balaban J connectivity index is 1.86. The molecule has 0 aliphatic carbocycles. The average Bonchev–Trinajstić information content (AvgIpc) is 2.94. The van der Waals surface area contributed by atoms with Crippen LogP contribution in [0.3, 0.4) is 0 Å². The maximum absolute atomic E-state index is 13.4. The van der Waals surface area contributed by atoms with E-state index in [2.05, 4.69) is 39.8 Å². The van der Waals surface area contributed by atoms with Crippen LogP contribution in [0.5, 0.6) is 5.75 Å². The molecule has 0 aromatic heterocycles. The van der Waals surface area contributed by atoms with E-state index in [1.165, 1.54) is 11.1 Å². The number of carbonyl (C=O) groups excluding carboxylic acids is 1. The van der Waals surface area contributed by atoms with E-state index >= 15 is 0 Å². The first-order chi connectivity index (χ1) is 13.4. The van der Waals surface area contributed by atoms with Crippen molar-refractivity contribution in [1.29, 1.82) is 0 Å². The lowest BCUT2D eigenvalue weighted by Crippen LogP contribution is -2.50. The molecule has 0 radical (unpaired) electrons. The van der Waals surface area contributed by atoms with Crippen molar-refractivity contribution in [2.24, 2.45) is 4.99 Å². The first-order valence-electron chi connectivity index (χ1n) is 10.2. The van der Waals surface area contributed by atoms with E-state index in [1.54, 1.807) is 0 Å². The highest BCUT2D eigenvalue weighted by Gasteiger charge is 2.48. The Bertz CT molecular complexity index is 957. The molecule has 0 saturated carbocycles. The third kappa shape index (κ3) is 2.92. The van der Waals surface area contributed by atoms with Crippen LogP contribution in [0.15, 0.2) is 41.4 Å². The van der Waals surface area contributed by atoms with Crippen LogP contribution >= 0.6 is 0 Å². The molecule has 0 spiro atoms. The van der Waals surface area contributed by atoms with Crippen LogP contribution in [0.2, 0.25) is 0 Å². The molecule has 1 atom stereocenters. The van der Waals surface area contributed by atoms with Gasteiger partial charge in [-0.25, -0.2) is 4.99 Å². The second-order valence-corrected chi connectivity index (χ2v) is 8.38. The maximum Gasteiger partial charge on any atom is 0.278 e. The fraction of sp³-hybridized carbons (Fsp3) is 0.417. The van der Waals surface area contributed by atoms with Gasteiger partial charge in [-0.2, -0.15) is 0 Å². The third-order valence-corrected chi connectivity index (χ3v) is 5.82. The zero-order valence-electron chi connectivity index (χ0n) is 17.4. The van der Waals surface area contributed by atoms with Crippen LogP contribution < -0.4 is 9.64 Å². The summed E-state index contributed by atoms with van der Waals surface area (Å²) in [5.41, 5.74) is 5.69. The number of aryl methyl sites for hydroxylation is 1. The molecule has 2 aromatic rings. The van der Waals surface area contributed by atoms with E-state index in [1.807, 2.05) is 36.1 Å². The first kappa shape index (κ1) is 18.7. The number of ether oxygens (including phenoxy) is 1. The van der Waals surface area contributed by atoms with E-state index < -0.39 is 0 Å². The number of anilines is 1. The number of hydrogen-bond acceptors (Lipinski definition) is 3. The van der Waals surface area contributed by atoms with Crippen LogP contribution in [-0.2, 0) is 11.2 Å². The van der Waals surface area contributed by atoms with E-state index in [0.29, 0.717) is 18.2 Å². The first-order valence-corrected chi connectivity index (χ1v) is 10.2. The van der Waals surface area contributed by atoms with Crippen molar-refractivity contribution in [2.75, 3.05) is 11.5 Å². The second kappa shape index (κ2) is 6.77. The molecular formula is C24H28N2O2. The maximum atomic E-state index is 13.4. The molecule has 0 N–H and O–H groups in total. The molecule has 2 aliphatic rings. The lowest BCUT2D eigenvalue weighted by molar-refractivity contribution is -0.113. The molecule has 4 heteroatoms. The van der Waals surface area contributed by atoms with Crippen molar-refractivity contribution in [3.05, 3.63) is 53.1 Å². The minimum atomic E-state index is -0.220. The monoisotopic (exact) mass is 376 g/mol. The minimum absolute atomic E-state index is 0.00953. The third-order valence-electron chi connectivity index (χ3n) is 5.82. The molecule has 2 heterocycles. The summed E-state index contributed by atoms with van der Waals surface area (Å²) in [5.74, 6) is 1.24. The predicted octanol–water partition coefficient (Wildman–Crippen LogP) is 5.40. The Kier molecular flexibility index (Phi) is 4.53. The Labute approximate surface area is 167 Å². The van der Waals surface area contributed by atoms with E-state index in [0.717, 1.165) is 35.5 Å². The molecule has 2 aromatic carbocycles. The molecule has 28 heavy (non-hydrogen) atoms. The number of carbonyl (C=O) groups is 1. The second-order valence-electron chi connectivity index (χ2n) is 8.38. The standard InChI is InChI=1S/C24H28N2O2/c1-6-16-12-19-15(3)14-24(4,5)26-22(19)20(13-16)21(23(26)27)25-17-8-10-18(11-9-17)28-7-2/h8-13,15H,6-7,14H2,1-5H3/t15-/m0/s1. The highest BCUT2D eigenvalue weighted by atomic mass is 16.5. The van der Waals surface area contributed by atoms with E-state index in [-0.39, 0.29) is 11.4 Å². The van der Waals surface area contributed by atoms with Crippen molar-refractivity contribution in [3.63, 3.8) is 0 Å². The molecule has 1 amide bonds. The van der Waals surface area contributed by atoms with Gasteiger partial charge in [0.1, 0.15) is 11.5 Å². The van der Waals surface area contributed by atoms with E-state index in [4.69, 9.17) is 9.73 Å². The summed E-state index contributed by atoms with van der Waals surface area (Å²) in [6.07, 6.45) is 1.90. The smallest absolute Gasteiger partial charge is 0.278 e. The summed E-state index contributed by atoms with van der Waals surface area (Å²) in [6, 6.07) is 12.0. The number of benzene rings is 2. The summed E-state index contributed by atoms with van der Waals surface area (Å²) in [5, 5.41) is 0. The fourth-order valence-corrected chi connectivity index (χ4v) is 4.60. The molecule has 0 fully saturated rings. The summed E-state index contributed by atoms with van der Waals surface area (Å²) < 4.78 is 5.51. The number of hydrogen-bond donors (Lipinski definition) is 0. The molecule has 146 valence electrons. The highest BCUT2D eigenvalue weighted by Crippen LogP contribution is 2.49. The van der Waals surface area contributed by atoms with Crippen LogP contribution in [0, 0.1) is 0 Å². The van der Waals surface area contributed by atoms with Gasteiger partial charge in [0.25, 0.3) is 5.91 Å². The van der Waals surface area contributed by atoms with Gasteiger partial charge in [0.2, 0.25) is 0 Å². The topological polar surface area (TPSA) is 41.9 Å². The number of nitrogens with zero attached hydrogens (tertiary/aromatic N) is 2. The number of aliphatic imine (C=N–C) groups is 1. The quantitative estimate of drug-likeness (QED) is 0.717. The van der Waals surface area contributed by atoms with Gasteiger partial charge in [-0.15, -0.1) is 0 Å². The Morgan fingerprint density at radius 2 is 1.89 bits per heavy atom. The van der Waals surface area contributed by atoms with Crippen molar-refractivity contribution in [3.8, 4) is 5.75 Å². The SMILES string of the molecule is CCOc1ccc(N=C2C(=O)N3c4c2cc(CC)cc4[C@@H](C)CC3(C)C)cc1. The molecule has 0 unspecified atom stereocenters. The van der Waals surface area contributed by atoms with Crippen LogP contribution in [0.4, 0.5) is 11.4 Å². The largest absolute Gasteiger partial charge is 0.494 e. The van der Waals surface area contributed by atoms with Crippen LogP contribution in [0.25, 0.3) is 0 Å².